The Kier molecular flexibility index (Phi) is 5.45. The van der Waals surface area contributed by atoms with Gasteiger partial charge in [-0.05, 0) is 12.1 Å². The van der Waals surface area contributed by atoms with Crippen LogP contribution in [0.25, 0.3) is 0 Å². The summed E-state index contributed by atoms with van der Waals surface area (Å²) in [6.07, 6.45) is 0. The van der Waals surface area contributed by atoms with E-state index in [1.54, 1.807) is 6.92 Å². The topological polar surface area (TPSA) is 118 Å². The molecule has 7 nitrogen and oxygen atoms in total. The molecule has 0 heterocycles. The predicted molar refractivity (Wildman–Crippen MR) is 73.5 cm³/mol. The number of halogens is 1. The molecule has 0 aliphatic carbocycles. The van der Waals surface area contributed by atoms with Crippen LogP contribution < -0.4 is 15.2 Å². The molecule has 1 aromatic rings. The zero-order chi connectivity index (χ0) is 15.4. The van der Waals surface area contributed by atoms with Gasteiger partial charge in [0.25, 0.3) is 0 Å². The van der Waals surface area contributed by atoms with Crippen molar-refractivity contribution in [3.8, 4) is 0 Å². The number of nitrogens with two attached hydrogens (primary N) is 1. The maximum atomic E-state index is 13.5. The minimum atomic E-state index is -4.20. The molecule has 0 aliphatic rings. The van der Waals surface area contributed by atoms with Gasteiger partial charge in [0.2, 0.25) is 20.0 Å². The van der Waals surface area contributed by atoms with Crippen molar-refractivity contribution in [1.82, 2.24) is 9.44 Å². The molecule has 10 heteroatoms. The summed E-state index contributed by atoms with van der Waals surface area (Å²) in [6, 6.07) is 3.48. The number of anilines is 1. The van der Waals surface area contributed by atoms with Crippen molar-refractivity contribution in [2.24, 2.45) is 0 Å². The summed E-state index contributed by atoms with van der Waals surface area (Å²) in [5.41, 5.74) is 5.18. The third kappa shape index (κ3) is 4.40. The fraction of sp³-hybridized carbons (Fsp3) is 0.400. The minimum absolute atomic E-state index is 0.204. The van der Waals surface area contributed by atoms with Gasteiger partial charge in [0.15, 0.2) is 0 Å². The van der Waals surface area contributed by atoms with E-state index >= 15 is 0 Å². The van der Waals surface area contributed by atoms with Crippen LogP contribution >= 0.6 is 0 Å². The van der Waals surface area contributed by atoms with E-state index in [-0.39, 0.29) is 18.8 Å². The van der Waals surface area contributed by atoms with Gasteiger partial charge in [0, 0.05) is 13.1 Å². The smallest absolute Gasteiger partial charge is 0.245 e. The van der Waals surface area contributed by atoms with E-state index in [1.807, 2.05) is 4.72 Å². The Labute approximate surface area is 117 Å². The van der Waals surface area contributed by atoms with E-state index in [9.17, 15) is 21.2 Å². The molecule has 1 rings (SSSR count). The zero-order valence-corrected chi connectivity index (χ0v) is 12.4. The lowest BCUT2D eigenvalue weighted by atomic mass is 10.3. The predicted octanol–water partition coefficient (Wildman–Crippen LogP) is -0.374. The largest absolute Gasteiger partial charge is 0.398 e. The molecule has 0 aliphatic heterocycles. The maximum absolute atomic E-state index is 13.5. The zero-order valence-electron chi connectivity index (χ0n) is 10.8. The van der Waals surface area contributed by atoms with Gasteiger partial charge in [-0.1, -0.05) is 13.0 Å². The number of nitrogen functional groups attached to an aromatic ring is 1. The Balaban J connectivity index is 2.82. The second-order valence-electron chi connectivity index (χ2n) is 3.87. The van der Waals surface area contributed by atoms with Crippen LogP contribution in [-0.2, 0) is 20.0 Å². The van der Waals surface area contributed by atoms with Crippen molar-refractivity contribution >= 4 is 25.7 Å². The third-order valence-electron chi connectivity index (χ3n) is 2.29. The summed E-state index contributed by atoms with van der Waals surface area (Å²) in [7, 11) is -7.76. The van der Waals surface area contributed by atoms with E-state index in [0.29, 0.717) is 0 Å². The number of hydrogen-bond acceptors (Lipinski definition) is 5. The number of hydrogen-bond donors (Lipinski definition) is 3. The summed E-state index contributed by atoms with van der Waals surface area (Å²) >= 11 is 0. The highest BCUT2D eigenvalue weighted by Crippen LogP contribution is 2.20. The van der Waals surface area contributed by atoms with Crippen LogP contribution in [-0.4, -0.2) is 35.7 Å². The van der Waals surface area contributed by atoms with Crippen molar-refractivity contribution in [2.75, 3.05) is 24.6 Å². The highest BCUT2D eigenvalue weighted by molar-refractivity contribution is 7.90. The quantitative estimate of drug-likeness (QED) is 0.591. The molecular formula is C10H16FN3O4S2. The van der Waals surface area contributed by atoms with Crippen LogP contribution in [0.2, 0.25) is 0 Å². The lowest BCUT2D eigenvalue weighted by Gasteiger charge is -2.10. The SMILES string of the molecule is CCNS(=O)(=O)CCNS(=O)(=O)c1c(N)cccc1F. The standard InChI is InChI=1S/C10H16FN3O4S2/c1-2-13-19(15,16)7-6-14-20(17,18)10-8(11)4-3-5-9(10)12/h3-5,13-14H,2,6-7,12H2,1H3. The Hall–Kier alpha value is -1.23. The minimum Gasteiger partial charge on any atom is -0.398 e. The van der Waals surface area contributed by atoms with Crippen molar-refractivity contribution in [3.05, 3.63) is 24.0 Å². The summed E-state index contributed by atoms with van der Waals surface area (Å²) in [4.78, 5) is -0.680. The molecule has 0 atom stereocenters. The van der Waals surface area contributed by atoms with E-state index in [2.05, 4.69) is 4.72 Å². The van der Waals surface area contributed by atoms with Gasteiger partial charge in [-0.2, -0.15) is 0 Å². The van der Waals surface area contributed by atoms with E-state index in [1.165, 1.54) is 12.1 Å². The monoisotopic (exact) mass is 325 g/mol. The molecule has 0 saturated carbocycles. The second-order valence-corrected chi connectivity index (χ2v) is 7.50. The lowest BCUT2D eigenvalue weighted by Crippen LogP contribution is -2.34. The maximum Gasteiger partial charge on any atom is 0.245 e. The van der Waals surface area contributed by atoms with Crippen molar-refractivity contribution in [3.63, 3.8) is 0 Å². The molecule has 0 unspecified atom stereocenters. The average molecular weight is 325 g/mol. The molecule has 0 aromatic heterocycles. The van der Waals surface area contributed by atoms with Crippen LogP contribution in [0.4, 0.5) is 10.1 Å². The van der Waals surface area contributed by atoms with Crippen LogP contribution in [0.5, 0.6) is 0 Å². The van der Waals surface area contributed by atoms with Gasteiger partial charge in [-0.25, -0.2) is 30.7 Å². The van der Waals surface area contributed by atoms with Crippen molar-refractivity contribution < 1.29 is 21.2 Å². The Morgan fingerprint density at radius 2 is 1.85 bits per heavy atom. The third-order valence-corrected chi connectivity index (χ3v) is 5.32. The Bertz CT molecular complexity index is 653. The van der Waals surface area contributed by atoms with E-state index < -0.39 is 36.5 Å². The van der Waals surface area contributed by atoms with E-state index in [4.69, 9.17) is 5.73 Å². The van der Waals surface area contributed by atoms with Gasteiger partial charge >= 0.3 is 0 Å². The first-order chi connectivity index (χ1) is 9.19. The molecule has 4 N–H and O–H groups in total. The molecule has 0 fully saturated rings. The highest BCUT2D eigenvalue weighted by atomic mass is 32.2. The first kappa shape index (κ1) is 16.8. The van der Waals surface area contributed by atoms with Crippen molar-refractivity contribution in [1.29, 1.82) is 0 Å². The fourth-order valence-electron chi connectivity index (χ4n) is 1.48. The molecule has 0 bridgehead atoms. The van der Waals surface area contributed by atoms with E-state index in [0.717, 1.165) is 6.07 Å². The van der Waals surface area contributed by atoms with Gasteiger partial charge in [-0.3, -0.25) is 0 Å². The number of benzene rings is 1. The van der Waals surface area contributed by atoms with Crippen LogP contribution in [0.3, 0.4) is 0 Å². The molecule has 0 radical (unpaired) electrons. The highest BCUT2D eigenvalue weighted by Gasteiger charge is 2.22. The lowest BCUT2D eigenvalue weighted by molar-refractivity contribution is 0.559. The summed E-state index contributed by atoms with van der Waals surface area (Å²) in [5, 5.41) is 0. The molecule has 114 valence electrons. The van der Waals surface area contributed by atoms with Crippen LogP contribution in [0.15, 0.2) is 23.1 Å². The second kappa shape index (κ2) is 6.48. The normalized spacial score (nSPS) is 12.5. The molecule has 0 amide bonds. The number of nitrogens with one attached hydrogen (secondary N) is 2. The van der Waals surface area contributed by atoms with Gasteiger partial charge < -0.3 is 5.73 Å². The van der Waals surface area contributed by atoms with Gasteiger partial charge in [0.05, 0.1) is 11.4 Å². The number of rotatable bonds is 7. The number of sulfonamides is 2. The van der Waals surface area contributed by atoms with Gasteiger partial charge in [0.1, 0.15) is 10.7 Å². The van der Waals surface area contributed by atoms with Crippen LogP contribution in [0, 0.1) is 5.82 Å². The summed E-state index contributed by atoms with van der Waals surface area (Å²) in [5.74, 6) is -1.44. The summed E-state index contributed by atoms with van der Waals surface area (Å²) < 4.78 is 64.1. The van der Waals surface area contributed by atoms with Crippen molar-refractivity contribution in [2.45, 2.75) is 11.8 Å². The molecule has 20 heavy (non-hydrogen) atoms. The Morgan fingerprint density at radius 1 is 1.20 bits per heavy atom. The molecule has 0 spiro atoms. The van der Waals surface area contributed by atoms with Crippen LogP contribution in [0.1, 0.15) is 6.92 Å². The van der Waals surface area contributed by atoms with Gasteiger partial charge in [-0.15, -0.1) is 0 Å². The first-order valence-electron chi connectivity index (χ1n) is 5.70. The first-order valence-corrected chi connectivity index (χ1v) is 8.84. The molecule has 0 saturated heterocycles. The fourth-order valence-corrected chi connectivity index (χ4v) is 3.79. The molecule has 1 aromatic carbocycles. The summed E-state index contributed by atoms with van der Waals surface area (Å²) in [6.45, 7) is 1.42. The Morgan fingerprint density at radius 3 is 2.40 bits per heavy atom. The average Bonchev–Trinajstić information content (AvgIpc) is 2.27. The molecular weight excluding hydrogens is 309 g/mol.